The average molecular weight is 353 g/mol. The number of fused-ring (bicyclic) bond motifs is 1. The van der Waals surface area contributed by atoms with Crippen molar-refractivity contribution in [3.8, 4) is 22.9 Å². The van der Waals surface area contributed by atoms with Gasteiger partial charge in [-0.25, -0.2) is 0 Å². The van der Waals surface area contributed by atoms with Crippen molar-refractivity contribution in [1.82, 2.24) is 15.5 Å². The Balaban J connectivity index is 1.42. The number of benzene rings is 2. The van der Waals surface area contributed by atoms with Gasteiger partial charge in [-0.1, -0.05) is 35.5 Å². The number of nitrogens with zero attached hydrogens (tertiary/aromatic N) is 2. The minimum atomic E-state index is -0.823. The maximum absolute atomic E-state index is 12.1. The molecule has 1 amide bonds. The van der Waals surface area contributed by atoms with E-state index in [1.54, 1.807) is 30.3 Å². The van der Waals surface area contributed by atoms with Gasteiger partial charge in [-0.3, -0.25) is 4.79 Å². The summed E-state index contributed by atoms with van der Waals surface area (Å²) < 4.78 is 15.6. The summed E-state index contributed by atoms with van der Waals surface area (Å²) in [5.74, 6) is 0.754. The van der Waals surface area contributed by atoms with Crippen molar-refractivity contribution < 1.29 is 23.9 Å². The van der Waals surface area contributed by atoms with E-state index in [-0.39, 0.29) is 25.1 Å². The Morgan fingerprint density at radius 3 is 2.81 bits per heavy atom. The van der Waals surface area contributed by atoms with E-state index < -0.39 is 12.0 Å². The largest absolute Gasteiger partial charge is 0.454 e. The molecule has 0 spiro atoms. The quantitative estimate of drug-likeness (QED) is 0.722. The van der Waals surface area contributed by atoms with E-state index in [1.165, 1.54) is 0 Å². The molecule has 0 unspecified atom stereocenters. The molecule has 0 fully saturated rings. The standard InChI is InChI=1S/C18H15N3O5/c22-13(11-4-2-1-3-5-11)9-19-17(23)18-20-16(21-26-18)12-6-7-14-15(8-12)25-10-24-14/h1-8,13,22H,9-10H2,(H,19,23)/t13-/m0/s1. The minimum Gasteiger partial charge on any atom is -0.454 e. The van der Waals surface area contributed by atoms with E-state index in [1.807, 2.05) is 18.2 Å². The number of hydrogen-bond acceptors (Lipinski definition) is 7. The van der Waals surface area contributed by atoms with E-state index in [9.17, 15) is 9.90 Å². The lowest BCUT2D eigenvalue weighted by Crippen LogP contribution is -2.28. The number of aromatic nitrogens is 2. The van der Waals surface area contributed by atoms with Gasteiger partial charge < -0.3 is 24.4 Å². The fourth-order valence-electron chi connectivity index (χ4n) is 2.53. The second-order valence-corrected chi connectivity index (χ2v) is 5.63. The molecular weight excluding hydrogens is 338 g/mol. The Morgan fingerprint density at radius 2 is 1.96 bits per heavy atom. The lowest BCUT2D eigenvalue weighted by atomic mass is 10.1. The molecule has 132 valence electrons. The molecule has 1 aliphatic heterocycles. The van der Waals surface area contributed by atoms with Crippen LogP contribution < -0.4 is 14.8 Å². The van der Waals surface area contributed by atoms with E-state index in [0.29, 0.717) is 22.6 Å². The van der Waals surface area contributed by atoms with Crippen LogP contribution in [0.1, 0.15) is 22.4 Å². The molecule has 0 saturated heterocycles. The number of carbonyl (C=O) groups excluding carboxylic acids is 1. The van der Waals surface area contributed by atoms with E-state index >= 15 is 0 Å². The lowest BCUT2D eigenvalue weighted by Gasteiger charge is -2.10. The molecule has 4 rings (SSSR count). The molecule has 3 aromatic rings. The normalized spacial score (nSPS) is 13.4. The first-order chi connectivity index (χ1) is 12.7. The Kier molecular flexibility index (Phi) is 4.24. The van der Waals surface area contributed by atoms with Crippen molar-refractivity contribution in [3.63, 3.8) is 0 Å². The highest BCUT2D eigenvalue weighted by atomic mass is 16.7. The minimum absolute atomic E-state index is 0.0323. The van der Waals surface area contributed by atoms with Gasteiger partial charge in [0.25, 0.3) is 0 Å². The van der Waals surface area contributed by atoms with Gasteiger partial charge in [0.05, 0.1) is 6.10 Å². The number of hydrogen-bond donors (Lipinski definition) is 2. The molecule has 0 aliphatic carbocycles. The second-order valence-electron chi connectivity index (χ2n) is 5.63. The van der Waals surface area contributed by atoms with Crippen LogP contribution in [-0.2, 0) is 0 Å². The number of nitrogens with one attached hydrogen (secondary N) is 1. The van der Waals surface area contributed by atoms with E-state index in [0.717, 1.165) is 0 Å². The molecule has 8 nitrogen and oxygen atoms in total. The number of ether oxygens (including phenoxy) is 2. The van der Waals surface area contributed by atoms with Gasteiger partial charge in [-0.05, 0) is 23.8 Å². The fourth-order valence-corrected chi connectivity index (χ4v) is 2.53. The molecule has 8 heteroatoms. The van der Waals surface area contributed by atoms with Gasteiger partial charge in [-0.15, -0.1) is 0 Å². The van der Waals surface area contributed by atoms with Crippen molar-refractivity contribution in [3.05, 3.63) is 60.0 Å². The monoisotopic (exact) mass is 353 g/mol. The highest BCUT2D eigenvalue weighted by molar-refractivity contribution is 5.89. The molecule has 2 aromatic carbocycles. The van der Waals surface area contributed by atoms with E-state index in [2.05, 4.69) is 15.5 Å². The molecule has 0 radical (unpaired) electrons. The summed E-state index contributed by atoms with van der Waals surface area (Å²) in [4.78, 5) is 16.2. The van der Waals surface area contributed by atoms with Gasteiger partial charge in [0.15, 0.2) is 11.5 Å². The SMILES string of the molecule is O=C(NC[C@H](O)c1ccccc1)c1nc(-c2ccc3c(c2)OCO3)no1. The third-order valence-corrected chi connectivity index (χ3v) is 3.89. The molecule has 1 aromatic heterocycles. The average Bonchev–Trinajstić information content (AvgIpc) is 3.35. The Hall–Kier alpha value is -3.39. The van der Waals surface area contributed by atoms with Crippen LogP contribution in [0.15, 0.2) is 53.1 Å². The number of aliphatic hydroxyl groups excluding tert-OH is 1. The third kappa shape index (κ3) is 3.22. The summed E-state index contributed by atoms with van der Waals surface area (Å²) in [6.07, 6.45) is -0.823. The van der Waals surface area contributed by atoms with Crippen LogP contribution in [0, 0.1) is 0 Å². The molecule has 0 bridgehead atoms. The summed E-state index contributed by atoms with van der Waals surface area (Å²) in [6.45, 7) is 0.201. The van der Waals surface area contributed by atoms with Crippen LogP contribution in [-0.4, -0.2) is 34.5 Å². The first kappa shape index (κ1) is 16.1. The van der Waals surface area contributed by atoms with Crippen LogP contribution >= 0.6 is 0 Å². The Labute approximate surface area is 148 Å². The number of amides is 1. The summed E-state index contributed by atoms with van der Waals surface area (Å²) >= 11 is 0. The summed E-state index contributed by atoms with van der Waals surface area (Å²) in [5, 5.41) is 16.5. The van der Waals surface area contributed by atoms with Crippen molar-refractivity contribution >= 4 is 5.91 Å². The molecule has 0 saturated carbocycles. The second kappa shape index (κ2) is 6.85. The zero-order valence-electron chi connectivity index (χ0n) is 13.6. The first-order valence-electron chi connectivity index (χ1n) is 7.95. The predicted octanol–water partition coefficient (Wildman–Crippen LogP) is 1.93. The maximum atomic E-state index is 12.1. The molecule has 1 aliphatic rings. The lowest BCUT2D eigenvalue weighted by molar-refractivity contribution is 0.0873. The van der Waals surface area contributed by atoms with Gasteiger partial charge in [0, 0.05) is 12.1 Å². The van der Waals surface area contributed by atoms with Gasteiger partial charge >= 0.3 is 11.8 Å². The molecule has 2 heterocycles. The number of carbonyl (C=O) groups is 1. The highest BCUT2D eigenvalue weighted by Gasteiger charge is 2.20. The summed E-state index contributed by atoms with van der Waals surface area (Å²) in [6, 6.07) is 14.2. The smallest absolute Gasteiger partial charge is 0.316 e. The zero-order chi connectivity index (χ0) is 17.9. The topological polar surface area (TPSA) is 107 Å². The van der Waals surface area contributed by atoms with Crippen LogP contribution in [0.5, 0.6) is 11.5 Å². The molecular formula is C18H15N3O5. The molecule has 1 atom stereocenters. The maximum Gasteiger partial charge on any atom is 0.316 e. The van der Waals surface area contributed by atoms with Gasteiger partial charge in [0.1, 0.15) is 0 Å². The first-order valence-corrected chi connectivity index (χ1v) is 7.95. The van der Waals surface area contributed by atoms with Crippen LogP contribution in [0.2, 0.25) is 0 Å². The summed E-state index contributed by atoms with van der Waals surface area (Å²) in [5.41, 5.74) is 1.35. The van der Waals surface area contributed by atoms with Gasteiger partial charge in [-0.2, -0.15) is 4.98 Å². The predicted molar refractivity (Wildman–Crippen MR) is 89.6 cm³/mol. The Morgan fingerprint density at radius 1 is 1.15 bits per heavy atom. The van der Waals surface area contributed by atoms with Crippen LogP contribution in [0.4, 0.5) is 0 Å². The van der Waals surface area contributed by atoms with E-state index in [4.69, 9.17) is 14.0 Å². The third-order valence-electron chi connectivity index (χ3n) is 3.89. The van der Waals surface area contributed by atoms with Crippen LogP contribution in [0.25, 0.3) is 11.4 Å². The Bertz CT molecular complexity index is 926. The zero-order valence-corrected chi connectivity index (χ0v) is 13.6. The van der Waals surface area contributed by atoms with Crippen LogP contribution in [0.3, 0.4) is 0 Å². The molecule has 2 N–H and O–H groups in total. The number of aliphatic hydroxyl groups is 1. The number of rotatable bonds is 5. The molecule has 26 heavy (non-hydrogen) atoms. The summed E-state index contributed by atoms with van der Waals surface area (Å²) in [7, 11) is 0. The van der Waals surface area contributed by atoms with Crippen molar-refractivity contribution in [2.45, 2.75) is 6.10 Å². The van der Waals surface area contributed by atoms with Crippen molar-refractivity contribution in [1.29, 1.82) is 0 Å². The highest BCUT2D eigenvalue weighted by Crippen LogP contribution is 2.35. The van der Waals surface area contributed by atoms with Gasteiger partial charge in [0.2, 0.25) is 12.6 Å². The van der Waals surface area contributed by atoms with Crippen molar-refractivity contribution in [2.75, 3.05) is 13.3 Å². The van der Waals surface area contributed by atoms with Crippen molar-refractivity contribution in [2.24, 2.45) is 0 Å². The fraction of sp³-hybridized carbons (Fsp3) is 0.167.